The number of nitrogens with zero attached hydrogens (tertiary/aromatic N) is 2. The summed E-state index contributed by atoms with van der Waals surface area (Å²) in [5, 5.41) is 7.89. The monoisotopic (exact) mass is 209 g/mol. The van der Waals surface area contributed by atoms with E-state index in [1.807, 2.05) is 17.9 Å². The van der Waals surface area contributed by atoms with Crippen LogP contribution in [0, 0.1) is 0 Å². The second-order valence-electron chi connectivity index (χ2n) is 4.69. The van der Waals surface area contributed by atoms with E-state index in [2.05, 4.69) is 44.3 Å². The third kappa shape index (κ3) is 3.06. The third-order valence-corrected chi connectivity index (χ3v) is 2.98. The highest BCUT2D eigenvalue weighted by atomic mass is 15.2. The lowest BCUT2D eigenvalue weighted by atomic mass is 9.95. The zero-order chi connectivity index (χ0) is 11.5. The van der Waals surface area contributed by atoms with E-state index in [0.29, 0.717) is 6.04 Å². The first kappa shape index (κ1) is 12.2. The average molecular weight is 209 g/mol. The number of rotatable bonds is 5. The molecule has 3 nitrogen and oxygen atoms in total. The zero-order valence-electron chi connectivity index (χ0n) is 10.5. The maximum Gasteiger partial charge on any atom is 0.0540 e. The normalized spacial score (nSPS) is 12.4. The van der Waals surface area contributed by atoms with E-state index in [1.54, 1.807) is 0 Å². The molecule has 0 unspecified atom stereocenters. The molecular weight excluding hydrogens is 186 g/mol. The van der Waals surface area contributed by atoms with Crippen LogP contribution < -0.4 is 5.32 Å². The number of aryl methyl sites for hydroxylation is 1. The molecule has 0 aromatic carbocycles. The van der Waals surface area contributed by atoms with Crippen LogP contribution in [0.1, 0.15) is 46.1 Å². The predicted octanol–water partition coefficient (Wildman–Crippen LogP) is 2.43. The summed E-state index contributed by atoms with van der Waals surface area (Å²) in [4.78, 5) is 0. The second-order valence-corrected chi connectivity index (χ2v) is 4.69. The number of hydrogen-bond donors (Lipinski definition) is 1. The minimum absolute atomic E-state index is 0.00491. The van der Waals surface area contributed by atoms with Gasteiger partial charge in [-0.05, 0) is 26.7 Å². The van der Waals surface area contributed by atoms with Gasteiger partial charge in [0.25, 0.3) is 0 Å². The predicted molar refractivity (Wildman–Crippen MR) is 63.7 cm³/mol. The molecule has 0 spiro atoms. The van der Waals surface area contributed by atoms with Crippen LogP contribution in [-0.2, 0) is 12.6 Å². The molecule has 15 heavy (non-hydrogen) atoms. The van der Waals surface area contributed by atoms with Gasteiger partial charge in [-0.1, -0.05) is 13.8 Å². The highest BCUT2D eigenvalue weighted by molar-refractivity contribution is 5.15. The van der Waals surface area contributed by atoms with Gasteiger partial charge in [0.2, 0.25) is 0 Å². The van der Waals surface area contributed by atoms with Gasteiger partial charge in [0.05, 0.1) is 6.20 Å². The summed E-state index contributed by atoms with van der Waals surface area (Å²) in [5.41, 5.74) is 1.25. The molecule has 0 saturated heterocycles. The van der Waals surface area contributed by atoms with Crippen LogP contribution in [0.3, 0.4) is 0 Å². The van der Waals surface area contributed by atoms with E-state index in [0.717, 1.165) is 0 Å². The SMILES string of the molecule is CCC(CC)NC(C)(C)c1cnn(C)c1. The molecule has 86 valence electrons. The molecule has 1 aromatic rings. The summed E-state index contributed by atoms with van der Waals surface area (Å²) in [6.45, 7) is 8.87. The Balaban J connectivity index is 2.74. The Bertz CT molecular complexity index is 298. The quantitative estimate of drug-likeness (QED) is 0.807. The van der Waals surface area contributed by atoms with Crippen molar-refractivity contribution in [1.82, 2.24) is 15.1 Å². The largest absolute Gasteiger partial charge is 0.305 e. The van der Waals surface area contributed by atoms with Crippen LogP contribution in [-0.4, -0.2) is 15.8 Å². The van der Waals surface area contributed by atoms with Gasteiger partial charge in [-0.15, -0.1) is 0 Å². The Morgan fingerprint density at radius 3 is 2.40 bits per heavy atom. The van der Waals surface area contributed by atoms with Crippen LogP contribution in [0.4, 0.5) is 0 Å². The minimum atomic E-state index is 0.00491. The number of nitrogens with one attached hydrogen (secondary N) is 1. The van der Waals surface area contributed by atoms with Crippen LogP contribution >= 0.6 is 0 Å². The first-order valence-electron chi connectivity index (χ1n) is 5.76. The van der Waals surface area contributed by atoms with E-state index < -0.39 is 0 Å². The van der Waals surface area contributed by atoms with Crippen LogP contribution in [0.25, 0.3) is 0 Å². The molecule has 0 fully saturated rings. The summed E-state index contributed by atoms with van der Waals surface area (Å²) in [6.07, 6.45) is 6.35. The average Bonchev–Trinajstić information content (AvgIpc) is 2.62. The Labute approximate surface area is 92.9 Å². The summed E-state index contributed by atoms with van der Waals surface area (Å²) in [6, 6.07) is 0.584. The van der Waals surface area contributed by atoms with Crippen LogP contribution in [0.15, 0.2) is 12.4 Å². The van der Waals surface area contributed by atoms with Crippen molar-refractivity contribution >= 4 is 0 Å². The van der Waals surface area contributed by atoms with Crippen LogP contribution in [0.2, 0.25) is 0 Å². The van der Waals surface area contributed by atoms with Gasteiger partial charge < -0.3 is 5.32 Å². The van der Waals surface area contributed by atoms with Crippen molar-refractivity contribution in [2.24, 2.45) is 7.05 Å². The topological polar surface area (TPSA) is 29.9 Å². The van der Waals surface area contributed by atoms with E-state index in [1.165, 1.54) is 18.4 Å². The Kier molecular flexibility index (Phi) is 3.91. The van der Waals surface area contributed by atoms with Gasteiger partial charge in [0.15, 0.2) is 0 Å². The zero-order valence-corrected chi connectivity index (χ0v) is 10.5. The lowest BCUT2D eigenvalue weighted by Crippen LogP contribution is -2.43. The van der Waals surface area contributed by atoms with E-state index in [9.17, 15) is 0 Å². The highest BCUT2D eigenvalue weighted by Crippen LogP contribution is 2.20. The lowest BCUT2D eigenvalue weighted by Gasteiger charge is -2.30. The van der Waals surface area contributed by atoms with Crippen molar-refractivity contribution in [1.29, 1.82) is 0 Å². The molecule has 1 aromatic heterocycles. The Morgan fingerprint density at radius 2 is 2.00 bits per heavy atom. The van der Waals surface area contributed by atoms with Gasteiger partial charge >= 0.3 is 0 Å². The van der Waals surface area contributed by atoms with E-state index >= 15 is 0 Å². The lowest BCUT2D eigenvalue weighted by molar-refractivity contribution is 0.327. The van der Waals surface area contributed by atoms with Crippen molar-refractivity contribution in [3.63, 3.8) is 0 Å². The molecule has 0 aliphatic heterocycles. The Hall–Kier alpha value is -0.830. The molecular formula is C12H23N3. The maximum absolute atomic E-state index is 4.22. The first-order chi connectivity index (χ1) is 6.99. The molecule has 3 heteroatoms. The summed E-state index contributed by atoms with van der Waals surface area (Å²) >= 11 is 0. The second kappa shape index (κ2) is 4.79. The van der Waals surface area contributed by atoms with Crippen molar-refractivity contribution < 1.29 is 0 Å². The summed E-state index contributed by atoms with van der Waals surface area (Å²) in [5.74, 6) is 0. The fourth-order valence-electron chi connectivity index (χ4n) is 1.83. The molecule has 0 radical (unpaired) electrons. The molecule has 0 aliphatic rings. The van der Waals surface area contributed by atoms with Gasteiger partial charge in [0.1, 0.15) is 0 Å². The van der Waals surface area contributed by atoms with Gasteiger partial charge in [-0.25, -0.2) is 0 Å². The Morgan fingerprint density at radius 1 is 1.40 bits per heavy atom. The van der Waals surface area contributed by atoms with Crippen molar-refractivity contribution in [3.05, 3.63) is 18.0 Å². The molecule has 0 bridgehead atoms. The standard InChI is InChI=1S/C12H23N3/c1-6-11(7-2)14-12(3,4)10-8-13-15(5)9-10/h8-9,11,14H,6-7H2,1-5H3. The highest BCUT2D eigenvalue weighted by Gasteiger charge is 2.23. The molecule has 1 N–H and O–H groups in total. The third-order valence-electron chi connectivity index (χ3n) is 2.98. The molecule has 0 atom stereocenters. The number of hydrogen-bond acceptors (Lipinski definition) is 2. The number of aromatic nitrogens is 2. The molecule has 1 heterocycles. The summed E-state index contributed by atoms with van der Waals surface area (Å²) in [7, 11) is 1.96. The smallest absolute Gasteiger partial charge is 0.0540 e. The van der Waals surface area contributed by atoms with Crippen molar-refractivity contribution in [3.8, 4) is 0 Å². The van der Waals surface area contributed by atoms with Crippen molar-refractivity contribution in [2.45, 2.75) is 52.1 Å². The fraction of sp³-hybridized carbons (Fsp3) is 0.750. The molecule has 0 aliphatic carbocycles. The summed E-state index contributed by atoms with van der Waals surface area (Å²) < 4.78 is 1.85. The van der Waals surface area contributed by atoms with Gasteiger partial charge in [-0.3, -0.25) is 4.68 Å². The molecule has 0 saturated carbocycles. The minimum Gasteiger partial charge on any atom is -0.305 e. The van der Waals surface area contributed by atoms with Crippen LogP contribution in [0.5, 0.6) is 0 Å². The first-order valence-corrected chi connectivity index (χ1v) is 5.76. The molecule has 0 amide bonds. The van der Waals surface area contributed by atoms with Crippen molar-refractivity contribution in [2.75, 3.05) is 0 Å². The molecule has 1 rings (SSSR count). The fourth-order valence-corrected chi connectivity index (χ4v) is 1.83. The maximum atomic E-state index is 4.22. The van der Waals surface area contributed by atoms with Gasteiger partial charge in [0, 0.05) is 30.4 Å². The van der Waals surface area contributed by atoms with Gasteiger partial charge in [-0.2, -0.15) is 5.10 Å². The van der Waals surface area contributed by atoms with E-state index in [4.69, 9.17) is 0 Å². The van der Waals surface area contributed by atoms with E-state index in [-0.39, 0.29) is 5.54 Å².